The number of unbranched alkanes of at least 4 members (excludes halogenated alkanes) is 1. The van der Waals surface area contributed by atoms with Crippen LogP contribution < -0.4 is 5.32 Å². The van der Waals surface area contributed by atoms with Gasteiger partial charge in [-0.25, -0.2) is 18.1 Å². The van der Waals surface area contributed by atoms with Gasteiger partial charge in [0.2, 0.25) is 0 Å². The van der Waals surface area contributed by atoms with E-state index in [1.165, 1.54) is 20.5 Å². The maximum Gasteiger partial charge on any atom is 0.326 e. The van der Waals surface area contributed by atoms with E-state index in [0.29, 0.717) is 36.8 Å². The highest BCUT2D eigenvalue weighted by Crippen LogP contribution is 2.25. The monoisotopic (exact) mass is 414 g/mol. The summed E-state index contributed by atoms with van der Waals surface area (Å²) in [6.07, 6.45) is 2.45. The molecule has 0 unspecified atom stereocenters. The Morgan fingerprint density at radius 3 is 2.52 bits per heavy atom. The van der Waals surface area contributed by atoms with Gasteiger partial charge in [-0.1, -0.05) is 25.8 Å². The number of piperazine rings is 1. The molecule has 1 aromatic heterocycles. The quantitative estimate of drug-likeness (QED) is 0.683. The van der Waals surface area contributed by atoms with Crippen molar-refractivity contribution in [2.45, 2.75) is 42.9 Å². The number of nitrogens with one attached hydrogen (secondary N) is 1. The number of imide groups is 1. The van der Waals surface area contributed by atoms with Crippen LogP contribution in [0.25, 0.3) is 0 Å². The van der Waals surface area contributed by atoms with Gasteiger partial charge in [-0.2, -0.15) is 4.31 Å². The third-order valence-electron chi connectivity index (χ3n) is 5.14. The summed E-state index contributed by atoms with van der Waals surface area (Å²) in [5.74, 6) is -0.199. The van der Waals surface area contributed by atoms with E-state index in [1.807, 2.05) is 11.8 Å². The average molecular weight is 415 g/mol. The fourth-order valence-electron chi connectivity index (χ4n) is 3.42. The summed E-state index contributed by atoms with van der Waals surface area (Å²) in [6.45, 7) is 5.66. The summed E-state index contributed by atoms with van der Waals surface area (Å²) in [4.78, 5) is 28.2. The number of hydrogen-bond acceptors (Lipinski definition) is 6. The smallest absolute Gasteiger partial charge is 0.323 e. The van der Waals surface area contributed by atoms with E-state index in [2.05, 4.69) is 5.32 Å². The molecule has 1 N–H and O–H groups in total. The van der Waals surface area contributed by atoms with E-state index in [4.69, 9.17) is 0 Å². The van der Waals surface area contributed by atoms with Crippen LogP contribution >= 0.6 is 11.3 Å². The Kier molecular flexibility index (Phi) is 5.90. The van der Waals surface area contributed by atoms with Gasteiger partial charge in [-0.05, 0) is 24.8 Å². The number of nitrogens with zero attached hydrogens (tertiary/aromatic N) is 3. The molecular weight excluding hydrogens is 388 g/mol. The Morgan fingerprint density at radius 2 is 1.93 bits per heavy atom. The van der Waals surface area contributed by atoms with E-state index in [0.717, 1.165) is 12.8 Å². The second kappa shape index (κ2) is 7.86. The summed E-state index contributed by atoms with van der Waals surface area (Å²) in [5, 5.41) is 4.56. The molecule has 3 heterocycles. The first-order chi connectivity index (χ1) is 12.8. The first-order valence-electron chi connectivity index (χ1n) is 9.18. The molecule has 3 rings (SSSR count). The minimum atomic E-state index is -3.45. The molecule has 0 bridgehead atoms. The summed E-state index contributed by atoms with van der Waals surface area (Å²) in [6, 6.07) is 2.96. The Hall–Kier alpha value is -1.49. The molecule has 150 valence electrons. The van der Waals surface area contributed by atoms with E-state index in [9.17, 15) is 18.0 Å². The van der Waals surface area contributed by atoms with Crippen molar-refractivity contribution in [1.29, 1.82) is 0 Å². The number of carbonyl (C=O) groups excluding carboxylic acids is 2. The van der Waals surface area contributed by atoms with Gasteiger partial charge >= 0.3 is 6.03 Å². The fourth-order valence-corrected chi connectivity index (χ4v) is 5.99. The van der Waals surface area contributed by atoms with Crippen molar-refractivity contribution >= 4 is 33.3 Å². The van der Waals surface area contributed by atoms with E-state index in [1.54, 1.807) is 24.4 Å². The van der Waals surface area contributed by atoms with Gasteiger partial charge in [0.15, 0.2) is 0 Å². The Morgan fingerprint density at radius 1 is 1.22 bits per heavy atom. The highest BCUT2D eigenvalue weighted by atomic mass is 32.2. The molecule has 1 aromatic rings. The van der Waals surface area contributed by atoms with Crippen molar-refractivity contribution in [3.05, 3.63) is 17.5 Å². The molecule has 0 spiro atoms. The predicted molar refractivity (Wildman–Crippen MR) is 103 cm³/mol. The van der Waals surface area contributed by atoms with Crippen LogP contribution in [-0.4, -0.2) is 72.8 Å². The van der Waals surface area contributed by atoms with Crippen molar-refractivity contribution in [2.24, 2.45) is 0 Å². The van der Waals surface area contributed by atoms with Crippen molar-refractivity contribution < 1.29 is 18.0 Å². The molecule has 0 saturated carbocycles. The Balaban J connectivity index is 1.58. The Bertz CT molecular complexity index is 788. The summed E-state index contributed by atoms with van der Waals surface area (Å²) in [5.41, 5.74) is -0.836. The van der Waals surface area contributed by atoms with Crippen LogP contribution in [0, 0.1) is 0 Å². The SMILES string of the molecule is CCCC[C@@]1(C)NC(=O)N(CN2CCN(S(=O)(=O)c3cccs3)CC2)C1=O. The average Bonchev–Trinajstić information content (AvgIpc) is 3.25. The van der Waals surface area contributed by atoms with Gasteiger partial charge in [0, 0.05) is 26.2 Å². The number of amides is 3. The molecule has 2 aliphatic heterocycles. The first-order valence-corrected chi connectivity index (χ1v) is 11.5. The van der Waals surface area contributed by atoms with Crippen molar-refractivity contribution in [3.63, 3.8) is 0 Å². The molecule has 27 heavy (non-hydrogen) atoms. The van der Waals surface area contributed by atoms with Crippen molar-refractivity contribution in [1.82, 2.24) is 19.4 Å². The van der Waals surface area contributed by atoms with Gasteiger partial charge in [-0.3, -0.25) is 9.69 Å². The topological polar surface area (TPSA) is 90.0 Å². The summed E-state index contributed by atoms with van der Waals surface area (Å²) >= 11 is 1.21. The predicted octanol–water partition coefficient (Wildman–Crippen LogP) is 1.51. The lowest BCUT2D eigenvalue weighted by atomic mass is 9.95. The molecule has 2 saturated heterocycles. The molecule has 2 fully saturated rings. The van der Waals surface area contributed by atoms with Gasteiger partial charge in [0.05, 0.1) is 6.67 Å². The molecule has 0 aromatic carbocycles. The molecule has 3 amide bonds. The van der Waals surface area contributed by atoms with Crippen LogP contribution in [-0.2, 0) is 14.8 Å². The van der Waals surface area contributed by atoms with Gasteiger partial charge in [0.25, 0.3) is 15.9 Å². The number of urea groups is 1. The maximum atomic E-state index is 12.7. The zero-order valence-corrected chi connectivity index (χ0v) is 17.3. The maximum absolute atomic E-state index is 12.7. The third kappa shape index (κ3) is 4.03. The summed E-state index contributed by atoms with van der Waals surface area (Å²) < 4.78 is 27.0. The molecule has 10 heteroatoms. The summed E-state index contributed by atoms with van der Waals surface area (Å²) in [7, 11) is -3.45. The van der Waals surface area contributed by atoms with Gasteiger partial charge in [0.1, 0.15) is 9.75 Å². The molecule has 0 aliphatic carbocycles. The minimum absolute atomic E-state index is 0.194. The minimum Gasteiger partial charge on any atom is -0.323 e. The van der Waals surface area contributed by atoms with E-state index >= 15 is 0 Å². The largest absolute Gasteiger partial charge is 0.326 e. The number of hydrogen-bond donors (Lipinski definition) is 1. The number of thiophene rings is 1. The molecular formula is C17H26N4O4S2. The van der Waals surface area contributed by atoms with Crippen molar-refractivity contribution in [3.8, 4) is 0 Å². The van der Waals surface area contributed by atoms with Crippen molar-refractivity contribution in [2.75, 3.05) is 32.8 Å². The van der Waals surface area contributed by atoms with Gasteiger partial charge in [-0.15, -0.1) is 11.3 Å². The first kappa shape index (κ1) is 20.2. The van der Waals surface area contributed by atoms with Crippen LogP contribution in [0.3, 0.4) is 0 Å². The molecule has 0 radical (unpaired) electrons. The number of sulfonamides is 1. The van der Waals surface area contributed by atoms with E-state index < -0.39 is 15.6 Å². The number of carbonyl (C=O) groups is 2. The van der Waals surface area contributed by atoms with Crippen LogP contribution in [0.1, 0.15) is 33.1 Å². The molecule has 1 atom stereocenters. The normalized spacial score (nSPS) is 25.2. The lowest BCUT2D eigenvalue weighted by Crippen LogP contribution is -2.52. The highest BCUT2D eigenvalue weighted by Gasteiger charge is 2.47. The highest BCUT2D eigenvalue weighted by molar-refractivity contribution is 7.91. The van der Waals surface area contributed by atoms with Crippen LogP contribution in [0.5, 0.6) is 0 Å². The third-order valence-corrected chi connectivity index (χ3v) is 8.41. The fraction of sp³-hybridized carbons (Fsp3) is 0.647. The van der Waals surface area contributed by atoms with Crippen LogP contribution in [0.4, 0.5) is 4.79 Å². The number of rotatable bonds is 7. The lowest BCUT2D eigenvalue weighted by molar-refractivity contribution is -0.132. The van der Waals surface area contributed by atoms with Crippen LogP contribution in [0.15, 0.2) is 21.7 Å². The van der Waals surface area contributed by atoms with Gasteiger partial charge < -0.3 is 5.32 Å². The standard InChI is InChI=1S/C17H26N4O4S2/c1-3-4-7-17(2)15(22)21(16(23)18-17)13-19-8-10-20(11-9-19)27(24,25)14-6-5-12-26-14/h5-6,12H,3-4,7-11,13H2,1-2H3,(H,18,23)/t17-/m1/s1. The second-order valence-electron chi connectivity index (χ2n) is 7.19. The van der Waals surface area contributed by atoms with E-state index in [-0.39, 0.29) is 18.6 Å². The lowest BCUT2D eigenvalue weighted by Gasteiger charge is -2.35. The molecule has 2 aliphatic rings. The second-order valence-corrected chi connectivity index (χ2v) is 10.3. The Labute approximate surface area is 164 Å². The zero-order chi connectivity index (χ0) is 19.7. The van der Waals surface area contributed by atoms with Crippen LogP contribution in [0.2, 0.25) is 0 Å². The molecule has 8 nitrogen and oxygen atoms in total. The zero-order valence-electron chi connectivity index (χ0n) is 15.7.